The zero-order valence-electron chi connectivity index (χ0n) is 6.77. The van der Waals surface area contributed by atoms with Crippen LogP contribution in [0.4, 0.5) is 0 Å². The van der Waals surface area contributed by atoms with Gasteiger partial charge in [0.25, 0.3) is 0 Å². The fraction of sp³-hybridized carbons (Fsp3) is 0.250. The van der Waals surface area contributed by atoms with Gasteiger partial charge in [-0.05, 0) is 27.6 Å². The molecule has 1 unspecified atom stereocenters. The molecule has 1 atom stereocenters. The molecule has 5 heteroatoms. The van der Waals surface area contributed by atoms with E-state index in [-0.39, 0.29) is 6.54 Å². The third-order valence-corrected chi connectivity index (χ3v) is 2.16. The summed E-state index contributed by atoms with van der Waals surface area (Å²) in [7, 11) is 0. The first-order valence-corrected chi connectivity index (χ1v) is 4.48. The van der Waals surface area contributed by atoms with Gasteiger partial charge in [0, 0.05) is 12.7 Å². The molecule has 0 amide bonds. The highest BCUT2D eigenvalue weighted by Gasteiger charge is 2.17. The van der Waals surface area contributed by atoms with Crippen LogP contribution in [0.5, 0.6) is 0 Å². The number of nitrogens with two attached hydrogens (primary N) is 1. The Hall–Kier alpha value is -0.940. The molecule has 70 valence electrons. The third kappa shape index (κ3) is 2.50. The molecule has 1 heterocycles. The molecule has 0 aliphatic rings. The van der Waals surface area contributed by atoms with Gasteiger partial charge in [0.05, 0.1) is 5.92 Å². The summed E-state index contributed by atoms with van der Waals surface area (Å²) in [5, 5.41) is 8.78. The summed E-state index contributed by atoms with van der Waals surface area (Å²) in [4.78, 5) is 14.6. The van der Waals surface area contributed by atoms with E-state index in [4.69, 9.17) is 10.8 Å². The van der Waals surface area contributed by atoms with Crippen molar-refractivity contribution in [3.05, 3.63) is 28.5 Å². The standard InChI is InChI=1S/C8H9BrN2O2/c9-7-2-1-5(4-11-7)6(3-10)8(12)13/h1-2,4,6H,3,10H2,(H,12,13). The molecule has 0 fully saturated rings. The van der Waals surface area contributed by atoms with Gasteiger partial charge in [0.1, 0.15) is 4.60 Å². The summed E-state index contributed by atoms with van der Waals surface area (Å²) in [5.74, 6) is -1.59. The number of carboxylic acid groups (broad SMARTS) is 1. The van der Waals surface area contributed by atoms with E-state index in [1.807, 2.05) is 0 Å². The lowest BCUT2D eigenvalue weighted by molar-refractivity contribution is -0.138. The maximum atomic E-state index is 10.7. The van der Waals surface area contributed by atoms with Gasteiger partial charge in [0.2, 0.25) is 0 Å². The number of carbonyl (C=O) groups is 1. The number of hydrogen-bond donors (Lipinski definition) is 2. The second-order valence-corrected chi connectivity index (χ2v) is 3.35. The summed E-state index contributed by atoms with van der Waals surface area (Å²) in [6, 6.07) is 3.39. The zero-order chi connectivity index (χ0) is 9.84. The number of aliphatic carboxylic acids is 1. The van der Waals surface area contributed by atoms with Gasteiger partial charge in [0.15, 0.2) is 0 Å². The Morgan fingerprint density at radius 1 is 1.69 bits per heavy atom. The predicted octanol–water partition coefficient (Wildman–Crippen LogP) is 0.971. The normalized spacial score (nSPS) is 12.5. The maximum absolute atomic E-state index is 10.7. The Morgan fingerprint density at radius 3 is 2.77 bits per heavy atom. The van der Waals surface area contributed by atoms with Gasteiger partial charge in [-0.25, -0.2) is 4.98 Å². The van der Waals surface area contributed by atoms with Gasteiger partial charge in [-0.1, -0.05) is 6.07 Å². The van der Waals surface area contributed by atoms with Crippen LogP contribution in [0.2, 0.25) is 0 Å². The van der Waals surface area contributed by atoms with E-state index < -0.39 is 11.9 Å². The average molecular weight is 245 g/mol. The number of nitrogens with zero attached hydrogens (tertiary/aromatic N) is 1. The molecule has 0 bridgehead atoms. The van der Waals surface area contributed by atoms with Gasteiger partial charge < -0.3 is 10.8 Å². The minimum Gasteiger partial charge on any atom is -0.481 e. The fourth-order valence-corrected chi connectivity index (χ4v) is 1.21. The van der Waals surface area contributed by atoms with Gasteiger partial charge in [-0.15, -0.1) is 0 Å². The fourth-order valence-electron chi connectivity index (χ4n) is 0.973. The van der Waals surface area contributed by atoms with Crippen molar-refractivity contribution in [1.82, 2.24) is 4.98 Å². The minimum absolute atomic E-state index is 0.0820. The second kappa shape index (κ2) is 4.34. The molecular weight excluding hydrogens is 236 g/mol. The van der Waals surface area contributed by atoms with E-state index in [2.05, 4.69) is 20.9 Å². The molecule has 0 aliphatic carbocycles. The van der Waals surface area contributed by atoms with E-state index >= 15 is 0 Å². The first-order valence-electron chi connectivity index (χ1n) is 3.69. The van der Waals surface area contributed by atoms with Crippen molar-refractivity contribution in [2.24, 2.45) is 5.73 Å². The van der Waals surface area contributed by atoms with E-state index in [9.17, 15) is 4.79 Å². The van der Waals surface area contributed by atoms with Crippen LogP contribution in [0, 0.1) is 0 Å². The first-order chi connectivity index (χ1) is 6.15. The molecule has 1 aromatic heterocycles. The summed E-state index contributed by atoms with van der Waals surface area (Å²) >= 11 is 3.16. The number of pyridine rings is 1. The molecule has 1 rings (SSSR count). The van der Waals surface area contributed by atoms with Crippen molar-refractivity contribution in [3.8, 4) is 0 Å². The number of hydrogen-bond acceptors (Lipinski definition) is 3. The monoisotopic (exact) mass is 244 g/mol. The highest BCUT2D eigenvalue weighted by Crippen LogP contribution is 2.15. The second-order valence-electron chi connectivity index (χ2n) is 2.54. The van der Waals surface area contributed by atoms with Crippen LogP contribution < -0.4 is 5.73 Å². The highest BCUT2D eigenvalue weighted by molar-refractivity contribution is 9.10. The van der Waals surface area contributed by atoms with Crippen molar-refractivity contribution < 1.29 is 9.90 Å². The Labute approximate surface area is 83.9 Å². The minimum atomic E-state index is -0.924. The van der Waals surface area contributed by atoms with E-state index in [0.29, 0.717) is 10.2 Å². The Balaban J connectivity index is 2.92. The molecule has 0 aliphatic heterocycles. The van der Waals surface area contributed by atoms with Crippen molar-refractivity contribution in [1.29, 1.82) is 0 Å². The van der Waals surface area contributed by atoms with Crippen molar-refractivity contribution in [3.63, 3.8) is 0 Å². The van der Waals surface area contributed by atoms with Crippen molar-refractivity contribution in [2.75, 3.05) is 6.54 Å². The van der Waals surface area contributed by atoms with Crippen LogP contribution in [0.3, 0.4) is 0 Å². The Bertz CT molecular complexity index is 300. The quantitative estimate of drug-likeness (QED) is 0.778. The van der Waals surface area contributed by atoms with Gasteiger partial charge >= 0.3 is 5.97 Å². The Kier molecular flexibility index (Phi) is 3.39. The lowest BCUT2D eigenvalue weighted by Crippen LogP contribution is -2.21. The number of rotatable bonds is 3. The summed E-state index contributed by atoms with van der Waals surface area (Å²) in [6.45, 7) is 0.0820. The average Bonchev–Trinajstić information content (AvgIpc) is 2.09. The molecule has 3 N–H and O–H groups in total. The smallest absolute Gasteiger partial charge is 0.312 e. The van der Waals surface area contributed by atoms with Crippen molar-refractivity contribution in [2.45, 2.75) is 5.92 Å². The lowest BCUT2D eigenvalue weighted by Gasteiger charge is -2.08. The molecule has 4 nitrogen and oxygen atoms in total. The van der Waals surface area contributed by atoms with Crippen molar-refractivity contribution >= 4 is 21.9 Å². The SMILES string of the molecule is NCC(C(=O)O)c1ccc(Br)nc1. The molecular formula is C8H9BrN2O2. The van der Waals surface area contributed by atoms with E-state index in [1.54, 1.807) is 12.1 Å². The number of carboxylic acids is 1. The molecule has 0 saturated heterocycles. The van der Waals surface area contributed by atoms with Crippen LogP contribution in [0.15, 0.2) is 22.9 Å². The molecule has 0 saturated carbocycles. The van der Waals surface area contributed by atoms with Crippen LogP contribution >= 0.6 is 15.9 Å². The highest BCUT2D eigenvalue weighted by atomic mass is 79.9. The first kappa shape index (κ1) is 10.1. The van der Waals surface area contributed by atoms with E-state index in [0.717, 1.165) is 0 Å². The Morgan fingerprint density at radius 2 is 2.38 bits per heavy atom. The number of aromatic nitrogens is 1. The maximum Gasteiger partial charge on any atom is 0.312 e. The zero-order valence-corrected chi connectivity index (χ0v) is 8.36. The molecule has 0 radical (unpaired) electrons. The third-order valence-electron chi connectivity index (χ3n) is 1.69. The summed E-state index contributed by atoms with van der Waals surface area (Å²) in [5.41, 5.74) is 5.95. The van der Waals surface area contributed by atoms with Crippen LogP contribution in [0.25, 0.3) is 0 Å². The summed E-state index contributed by atoms with van der Waals surface area (Å²) < 4.78 is 0.678. The van der Waals surface area contributed by atoms with Gasteiger partial charge in [-0.2, -0.15) is 0 Å². The molecule has 0 aromatic carbocycles. The van der Waals surface area contributed by atoms with Crippen LogP contribution in [0.1, 0.15) is 11.5 Å². The van der Waals surface area contributed by atoms with E-state index in [1.165, 1.54) is 6.20 Å². The largest absolute Gasteiger partial charge is 0.481 e. The molecule has 0 spiro atoms. The summed E-state index contributed by atoms with van der Waals surface area (Å²) in [6.07, 6.45) is 1.51. The molecule has 1 aromatic rings. The predicted molar refractivity (Wildman–Crippen MR) is 51.4 cm³/mol. The topological polar surface area (TPSA) is 76.2 Å². The van der Waals surface area contributed by atoms with Crippen LogP contribution in [-0.4, -0.2) is 22.6 Å². The van der Waals surface area contributed by atoms with Crippen LogP contribution in [-0.2, 0) is 4.79 Å². The lowest BCUT2D eigenvalue weighted by atomic mass is 10.0. The molecule has 13 heavy (non-hydrogen) atoms. The van der Waals surface area contributed by atoms with Gasteiger partial charge in [-0.3, -0.25) is 4.79 Å². The number of halogens is 1.